The third kappa shape index (κ3) is 2.04. The Labute approximate surface area is 90.9 Å². The summed E-state index contributed by atoms with van der Waals surface area (Å²) >= 11 is 0. The summed E-state index contributed by atoms with van der Waals surface area (Å²) in [7, 11) is 0. The van der Waals surface area contributed by atoms with E-state index < -0.39 is 0 Å². The summed E-state index contributed by atoms with van der Waals surface area (Å²) in [5, 5.41) is 0. The van der Waals surface area contributed by atoms with Crippen LogP contribution < -0.4 is 4.90 Å². The van der Waals surface area contributed by atoms with Crippen LogP contribution in [0.15, 0.2) is 24.3 Å². The number of hydrogen-bond acceptors (Lipinski definition) is 2. The van der Waals surface area contributed by atoms with E-state index in [0.717, 1.165) is 19.3 Å². The first-order valence-corrected chi connectivity index (χ1v) is 5.61. The Balaban J connectivity index is 2.24. The highest BCUT2D eigenvalue weighted by Gasteiger charge is 2.21. The predicted molar refractivity (Wildman–Crippen MR) is 62.3 cm³/mol. The van der Waals surface area contributed by atoms with E-state index in [4.69, 9.17) is 0 Å². The zero-order valence-corrected chi connectivity index (χ0v) is 9.15. The average Bonchev–Trinajstić information content (AvgIpc) is 2.28. The van der Waals surface area contributed by atoms with E-state index in [1.54, 1.807) is 0 Å². The maximum absolute atomic E-state index is 10.4. The van der Waals surface area contributed by atoms with E-state index in [-0.39, 0.29) is 0 Å². The maximum Gasteiger partial charge on any atom is 0.121 e. The standard InChI is InChI=1S/C13H17NO/c1-11-7-8-12-5-2-3-6-13(12)14(11)9-4-10-15/h2-3,5-6,10-11H,4,7-9H2,1H3. The molecule has 0 amide bonds. The molecule has 0 aromatic heterocycles. The molecule has 0 fully saturated rings. The van der Waals surface area contributed by atoms with Crippen molar-refractivity contribution in [3.05, 3.63) is 29.8 Å². The van der Waals surface area contributed by atoms with E-state index in [1.165, 1.54) is 17.7 Å². The summed E-state index contributed by atoms with van der Waals surface area (Å²) in [6.07, 6.45) is 3.98. The minimum absolute atomic E-state index is 0.555. The van der Waals surface area contributed by atoms with Crippen molar-refractivity contribution in [2.45, 2.75) is 32.2 Å². The molecule has 2 rings (SSSR count). The number of fused-ring (bicyclic) bond motifs is 1. The lowest BCUT2D eigenvalue weighted by Crippen LogP contribution is -2.38. The molecule has 0 saturated heterocycles. The van der Waals surface area contributed by atoms with Crippen molar-refractivity contribution in [3.63, 3.8) is 0 Å². The molecule has 1 aromatic carbocycles. The third-order valence-corrected chi connectivity index (χ3v) is 3.15. The molecule has 0 saturated carbocycles. The Morgan fingerprint density at radius 1 is 1.47 bits per heavy atom. The molecule has 15 heavy (non-hydrogen) atoms. The number of aldehydes is 1. The van der Waals surface area contributed by atoms with Gasteiger partial charge in [-0.3, -0.25) is 0 Å². The Morgan fingerprint density at radius 2 is 2.27 bits per heavy atom. The molecule has 0 radical (unpaired) electrons. The highest BCUT2D eigenvalue weighted by Crippen LogP contribution is 2.30. The predicted octanol–water partition coefficient (Wildman–Crippen LogP) is 2.42. The minimum atomic E-state index is 0.555. The fourth-order valence-electron chi connectivity index (χ4n) is 2.29. The summed E-state index contributed by atoms with van der Waals surface area (Å²) in [6, 6.07) is 9.07. The number of anilines is 1. The van der Waals surface area contributed by atoms with Crippen molar-refractivity contribution >= 4 is 12.0 Å². The SMILES string of the molecule is CC1CCc2ccccc2N1CCC=O. The molecule has 1 aliphatic heterocycles. The van der Waals surface area contributed by atoms with Gasteiger partial charge in [-0.15, -0.1) is 0 Å². The highest BCUT2D eigenvalue weighted by atomic mass is 16.1. The number of benzene rings is 1. The van der Waals surface area contributed by atoms with E-state index >= 15 is 0 Å². The van der Waals surface area contributed by atoms with Crippen LogP contribution in [0.5, 0.6) is 0 Å². The first kappa shape index (κ1) is 10.2. The maximum atomic E-state index is 10.4. The first-order chi connectivity index (χ1) is 7.33. The van der Waals surface area contributed by atoms with E-state index in [0.29, 0.717) is 12.5 Å². The molecule has 1 aliphatic rings. The number of nitrogens with zero attached hydrogens (tertiary/aromatic N) is 1. The van der Waals surface area contributed by atoms with Crippen LogP contribution in [-0.4, -0.2) is 18.9 Å². The quantitative estimate of drug-likeness (QED) is 0.703. The summed E-state index contributed by atoms with van der Waals surface area (Å²) in [5.74, 6) is 0. The Bertz CT molecular complexity index is 348. The lowest BCUT2D eigenvalue weighted by atomic mass is 9.96. The van der Waals surface area contributed by atoms with E-state index in [2.05, 4.69) is 36.1 Å². The van der Waals surface area contributed by atoms with E-state index in [9.17, 15) is 4.79 Å². The summed E-state index contributed by atoms with van der Waals surface area (Å²) in [5.41, 5.74) is 2.74. The van der Waals surface area contributed by atoms with Gasteiger partial charge in [0.05, 0.1) is 0 Å². The molecule has 2 nitrogen and oxygen atoms in total. The molecule has 0 spiro atoms. The van der Waals surface area contributed by atoms with Gasteiger partial charge in [0.2, 0.25) is 0 Å². The van der Waals surface area contributed by atoms with Gasteiger partial charge < -0.3 is 9.69 Å². The summed E-state index contributed by atoms with van der Waals surface area (Å²) < 4.78 is 0. The molecule has 1 heterocycles. The van der Waals surface area contributed by atoms with Crippen molar-refractivity contribution in [2.75, 3.05) is 11.4 Å². The van der Waals surface area contributed by atoms with Gasteiger partial charge in [-0.25, -0.2) is 0 Å². The molecule has 0 N–H and O–H groups in total. The second-order valence-corrected chi connectivity index (χ2v) is 4.17. The topological polar surface area (TPSA) is 20.3 Å². The molecular formula is C13H17NO. The van der Waals surface area contributed by atoms with Crippen LogP contribution in [0.25, 0.3) is 0 Å². The normalized spacial score (nSPS) is 19.8. The zero-order valence-electron chi connectivity index (χ0n) is 9.15. The van der Waals surface area contributed by atoms with Crippen LogP contribution in [0.4, 0.5) is 5.69 Å². The summed E-state index contributed by atoms with van der Waals surface area (Å²) in [6.45, 7) is 3.09. The molecule has 1 unspecified atom stereocenters. The Morgan fingerprint density at radius 3 is 3.07 bits per heavy atom. The molecule has 0 bridgehead atoms. The number of carbonyl (C=O) groups excluding carboxylic acids is 1. The minimum Gasteiger partial charge on any atom is -0.368 e. The van der Waals surface area contributed by atoms with Gasteiger partial charge in [-0.05, 0) is 31.4 Å². The largest absolute Gasteiger partial charge is 0.368 e. The van der Waals surface area contributed by atoms with Crippen LogP contribution >= 0.6 is 0 Å². The Hall–Kier alpha value is -1.31. The monoisotopic (exact) mass is 203 g/mol. The highest BCUT2D eigenvalue weighted by molar-refractivity contribution is 5.58. The van der Waals surface area contributed by atoms with Gasteiger partial charge in [0.15, 0.2) is 0 Å². The van der Waals surface area contributed by atoms with Gasteiger partial charge in [0, 0.05) is 24.7 Å². The van der Waals surface area contributed by atoms with Crippen LogP contribution in [0.2, 0.25) is 0 Å². The van der Waals surface area contributed by atoms with Gasteiger partial charge in [0.25, 0.3) is 0 Å². The van der Waals surface area contributed by atoms with Crippen molar-refractivity contribution < 1.29 is 4.79 Å². The third-order valence-electron chi connectivity index (χ3n) is 3.15. The van der Waals surface area contributed by atoms with Gasteiger partial charge in [0.1, 0.15) is 6.29 Å². The van der Waals surface area contributed by atoms with Crippen molar-refractivity contribution in [3.8, 4) is 0 Å². The van der Waals surface area contributed by atoms with Crippen LogP contribution in [0, 0.1) is 0 Å². The molecule has 1 aromatic rings. The van der Waals surface area contributed by atoms with E-state index in [1.807, 2.05) is 0 Å². The molecule has 80 valence electrons. The smallest absolute Gasteiger partial charge is 0.121 e. The van der Waals surface area contributed by atoms with Crippen LogP contribution in [0.3, 0.4) is 0 Å². The fraction of sp³-hybridized carbons (Fsp3) is 0.462. The summed E-state index contributed by atoms with van der Waals surface area (Å²) in [4.78, 5) is 12.8. The molecule has 1 atom stereocenters. The number of para-hydroxylation sites is 1. The number of rotatable bonds is 3. The fourth-order valence-corrected chi connectivity index (χ4v) is 2.29. The first-order valence-electron chi connectivity index (χ1n) is 5.61. The second-order valence-electron chi connectivity index (χ2n) is 4.17. The second kappa shape index (κ2) is 4.47. The van der Waals surface area contributed by atoms with Crippen LogP contribution in [0.1, 0.15) is 25.3 Å². The lowest BCUT2D eigenvalue weighted by molar-refractivity contribution is -0.107. The molecular weight excluding hydrogens is 186 g/mol. The number of hydrogen-bond donors (Lipinski definition) is 0. The zero-order chi connectivity index (χ0) is 10.7. The average molecular weight is 203 g/mol. The number of aryl methyl sites for hydroxylation is 1. The lowest BCUT2D eigenvalue weighted by Gasteiger charge is -2.36. The molecule has 2 heteroatoms. The van der Waals surface area contributed by atoms with Crippen LogP contribution in [-0.2, 0) is 11.2 Å². The van der Waals surface area contributed by atoms with Crippen molar-refractivity contribution in [2.24, 2.45) is 0 Å². The van der Waals surface area contributed by atoms with Crippen molar-refractivity contribution in [1.29, 1.82) is 0 Å². The Kier molecular flexibility index (Phi) is 3.05. The van der Waals surface area contributed by atoms with Crippen molar-refractivity contribution in [1.82, 2.24) is 0 Å². The van der Waals surface area contributed by atoms with Gasteiger partial charge >= 0.3 is 0 Å². The number of carbonyl (C=O) groups is 1. The molecule has 0 aliphatic carbocycles. The van der Waals surface area contributed by atoms with Gasteiger partial charge in [-0.2, -0.15) is 0 Å². The van der Waals surface area contributed by atoms with Gasteiger partial charge in [-0.1, -0.05) is 18.2 Å².